The summed E-state index contributed by atoms with van der Waals surface area (Å²) in [5, 5.41) is 3.56. The van der Waals surface area contributed by atoms with Crippen LogP contribution >= 0.6 is 11.3 Å². The molecule has 0 saturated carbocycles. The Balaban J connectivity index is 1.40. The average molecular weight is 369 g/mol. The van der Waals surface area contributed by atoms with Crippen molar-refractivity contribution >= 4 is 38.5 Å². The molecule has 7 nitrogen and oxygen atoms in total. The number of carbonyl (C=O) groups excluding carboxylic acids is 2. The summed E-state index contributed by atoms with van der Waals surface area (Å²) in [6.45, 7) is 2.91. The molecule has 1 fully saturated rings. The number of rotatable bonds is 5. The van der Waals surface area contributed by atoms with Gasteiger partial charge in [0.05, 0.1) is 16.1 Å². The molecule has 0 aliphatic carbocycles. The molecule has 134 valence electrons. The van der Waals surface area contributed by atoms with Crippen LogP contribution in [0.25, 0.3) is 10.2 Å². The van der Waals surface area contributed by atoms with Crippen LogP contribution in [0.2, 0.25) is 0 Å². The fourth-order valence-electron chi connectivity index (χ4n) is 3.09. The van der Waals surface area contributed by atoms with Gasteiger partial charge in [-0.3, -0.25) is 14.5 Å². The minimum absolute atomic E-state index is 0.0491. The summed E-state index contributed by atoms with van der Waals surface area (Å²) in [7, 11) is 0. The minimum atomic E-state index is -0.340. The van der Waals surface area contributed by atoms with Gasteiger partial charge in [0.2, 0.25) is 11.8 Å². The van der Waals surface area contributed by atoms with Gasteiger partial charge in [0, 0.05) is 38.3 Å². The van der Waals surface area contributed by atoms with Crippen molar-refractivity contribution in [3.05, 3.63) is 42.0 Å². The number of H-pyrrole nitrogens is 1. The van der Waals surface area contributed by atoms with Crippen LogP contribution in [-0.4, -0.2) is 39.9 Å². The van der Waals surface area contributed by atoms with E-state index in [9.17, 15) is 9.59 Å². The quantitative estimate of drug-likeness (QED) is 0.720. The monoisotopic (exact) mass is 369 g/mol. The topological polar surface area (TPSA) is 91.0 Å². The van der Waals surface area contributed by atoms with Crippen molar-refractivity contribution in [1.29, 1.82) is 0 Å². The first-order valence-electron chi connectivity index (χ1n) is 8.53. The molecule has 1 aromatic carbocycles. The second-order valence-corrected chi connectivity index (χ2v) is 7.46. The van der Waals surface area contributed by atoms with Crippen LogP contribution in [0.1, 0.15) is 17.8 Å². The van der Waals surface area contributed by atoms with Gasteiger partial charge in [-0.05, 0) is 24.6 Å². The molecular weight excluding hydrogens is 350 g/mol. The maximum absolute atomic E-state index is 12.4. The van der Waals surface area contributed by atoms with Crippen LogP contribution in [0.3, 0.4) is 0 Å². The van der Waals surface area contributed by atoms with E-state index in [1.54, 1.807) is 17.3 Å². The molecule has 3 aromatic rings. The summed E-state index contributed by atoms with van der Waals surface area (Å²) in [6.07, 6.45) is 4.30. The molecule has 4 rings (SSSR count). The van der Waals surface area contributed by atoms with Gasteiger partial charge in [-0.2, -0.15) is 0 Å². The summed E-state index contributed by atoms with van der Waals surface area (Å²) in [4.78, 5) is 38.1. The van der Waals surface area contributed by atoms with E-state index in [1.165, 1.54) is 11.3 Å². The van der Waals surface area contributed by atoms with Crippen molar-refractivity contribution in [3.63, 3.8) is 0 Å². The third kappa shape index (κ3) is 3.32. The van der Waals surface area contributed by atoms with Crippen molar-refractivity contribution in [2.75, 3.05) is 18.0 Å². The highest BCUT2D eigenvalue weighted by atomic mass is 32.1. The number of amides is 2. The number of imidazole rings is 1. The lowest BCUT2D eigenvalue weighted by Crippen LogP contribution is -2.34. The standard InChI is InChI=1S/C18H19N5O2S/c1-11-2-3-13-14(8-11)26-18(22-13)23-10-12(9-16(23)24)17(25)21-5-4-15-19-6-7-20-15/h2-3,6-8,12H,4-5,9-10H2,1H3,(H,19,20)(H,21,25). The summed E-state index contributed by atoms with van der Waals surface area (Å²) >= 11 is 1.49. The molecule has 8 heteroatoms. The zero-order valence-corrected chi connectivity index (χ0v) is 15.2. The highest BCUT2D eigenvalue weighted by Gasteiger charge is 2.36. The fraction of sp³-hybridized carbons (Fsp3) is 0.333. The predicted octanol–water partition coefficient (Wildman–Crippen LogP) is 2.04. The number of carbonyl (C=O) groups is 2. The molecule has 0 radical (unpaired) electrons. The van der Waals surface area contributed by atoms with E-state index in [0.29, 0.717) is 24.6 Å². The molecular formula is C18H19N5O2S. The van der Waals surface area contributed by atoms with E-state index in [4.69, 9.17) is 0 Å². The van der Waals surface area contributed by atoms with Gasteiger partial charge in [-0.25, -0.2) is 9.97 Å². The predicted molar refractivity (Wildman–Crippen MR) is 100 cm³/mol. The smallest absolute Gasteiger partial charge is 0.229 e. The highest BCUT2D eigenvalue weighted by molar-refractivity contribution is 7.22. The van der Waals surface area contributed by atoms with E-state index in [2.05, 4.69) is 26.3 Å². The van der Waals surface area contributed by atoms with Gasteiger partial charge >= 0.3 is 0 Å². The Labute approximate surface area is 154 Å². The largest absolute Gasteiger partial charge is 0.355 e. The lowest BCUT2D eigenvalue weighted by atomic mass is 10.1. The molecule has 26 heavy (non-hydrogen) atoms. The number of aromatic amines is 1. The van der Waals surface area contributed by atoms with Crippen molar-refractivity contribution in [3.8, 4) is 0 Å². The molecule has 1 aliphatic rings. The number of nitrogens with zero attached hydrogens (tertiary/aromatic N) is 3. The molecule has 2 N–H and O–H groups in total. The van der Waals surface area contributed by atoms with Gasteiger partial charge in [0.25, 0.3) is 0 Å². The van der Waals surface area contributed by atoms with Gasteiger partial charge < -0.3 is 10.3 Å². The second-order valence-electron chi connectivity index (χ2n) is 6.45. The normalized spacial score (nSPS) is 17.2. The maximum atomic E-state index is 12.4. The number of hydrogen-bond donors (Lipinski definition) is 2. The molecule has 1 unspecified atom stereocenters. The van der Waals surface area contributed by atoms with E-state index in [-0.39, 0.29) is 24.2 Å². The Bertz CT molecular complexity index is 950. The summed E-state index contributed by atoms with van der Waals surface area (Å²) in [6, 6.07) is 6.03. The van der Waals surface area contributed by atoms with Gasteiger partial charge in [-0.15, -0.1) is 0 Å². The highest BCUT2D eigenvalue weighted by Crippen LogP contribution is 2.33. The third-order valence-corrected chi connectivity index (χ3v) is 5.52. The number of benzene rings is 1. The third-order valence-electron chi connectivity index (χ3n) is 4.48. The molecule has 3 heterocycles. The summed E-state index contributed by atoms with van der Waals surface area (Å²) in [5.41, 5.74) is 2.05. The first-order valence-corrected chi connectivity index (χ1v) is 9.35. The van der Waals surface area contributed by atoms with Crippen molar-refractivity contribution in [1.82, 2.24) is 20.3 Å². The van der Waals surface area contributed by atoms with Crippen molar-refractivity contribution in [2.24, 2.45) is 5.92 Å². The molecule has 1 saturated heterocycles. The number of nitrogens with one attached hydrogen (secondary N) is 2. The Hall–Kier alpha value is -2.74. The number of anilines is 1. The number of fused-ring (bicyclic) bond motifs is 1. The molecule has 2 amide bonds. The zero-order valence-electron chi connectivity index (χ0n) is 14.4. The Morgan fingerprint density at radius 3 is 3.15 bits per heavy atom. The Morgan fingerprint density at radius 2 is 2.35 bits per heavy atom. The van der Waals surface area contributed by atoms with E-state index >= 15 is 0 Å². The van der Waals surface area contributed by atoms with E-state index < -0.39 is 0 Å². The van der Waals surface area contributed by atoms with E-state index in [0.717, 1.165) is 21.6 Å². The average Bonchev–Trinajstić information content (AvgIpc) is 3.33. The SMILES string of the molecule is Cc1ccc2nc(N3CC(C(=O)NCCc4ncc[nH]4)CC3=O)sc2c1. The molecule has 0 spiro atoms. The summed E-state index contributed by atoms with van der Waals surface area (Å²) < 4.78 is 1.05. The molecule has 0 bridgehead atoms. The number of thiazole rings is 1. The number of aromatic nitrogens is 3. The van der Waals surface area contributed by atoms with Gasteiger partial charge in [-0.1, -0.05) is 17.4 Å². The van der Waals surface area contributed by atoms with Crippen LogP contribution < -0.4 is 10.2 Å². The van der Waals surface area contributed by atoms with E-state index in [1.807, 2.05) is 19.1 Å². The first-order chi connectivity index (χ1) is 12.6. The molecule has 1 atom stereocenters. The fourth-order valence-corrected chi connectivity index (χ4v) is 4.18. The van der Waals surface area contributed by atoms with Crippen molar-refractivity contribution < 1.29 is 9.59 Å². The second kappa shape index (κ2) is 6.87. The van der Waals surface area contributed by atoms with Crippen LogP contribution in [0.5, 0.6) is 0 Å². The van der Waals surface area contributed by atoms with Gasteiger partial charge in [0.1, 0.15) is 5.82 Å². The Kier molecular flexibility index (Phi) is 4.42. The van der Waals surface area contributed by atoms with Crippen molar-refractivity contribution in [2.45, 2.75) is 19.8 Å². The van der Waals surface area contributed by atoms with Crippen LogP contribution in [-0.2, 0) is 16.0 Å². The van der Waals surface area contributed by atoms with Crippen LogP contribution in [0.15, 0.2) is 30.6 Å². The van der Waals surface area contributed by atoms with Gasteiger partial charge in [0.15, 0.2) is 5.13 Å². The number of hydrogen-bond acceptors (Lipinski definition) is 5. The van der Waals surface area contributed by atoms with Crippen LogP contribution in [0, 0.1) is 12.8 Å². The maximum Gasteiger partial charge on any atom is 0.229 e. The minimum Gasteiger partial charge on any atom is -0.355 e. The molecule has 1 aliphatic heterocycles. The number of aryl methyl sites for hydroxylation is 1. The first kappa shape index (κ1) is 16.7. The lowest BCUT2D eigenvalue weighted by Gasteiger charge is -2.13. The summed E-state index contributed by atoms with van der Waals surface area (Å²) in [5.74, 6) is 0.350. The van der Waals surface area contributed by atoms with Crippen LogP contribution in [0.4, 0.5) is 5.13 Å². The molecule has 2 aromatic heterocycles. The lowest BCUT2D eigenvalue weighted by molar-refractivity contribution is -0.126. The zero-order chi connectivity index (χ0) is 18.1. The Morgan fingerprint density at radius 1 is 1.46 bits per heavy atom.